The Bertz CT molecular complexity index is 444. The molecule has 0 heterocycles. The van der Waals surface area contributed by atoms with Gasteiger partial charge in [0.2, 0.25) is 0 Å². The van der Waals surface area contributed by atoms with Crippen molar-refractivity contribution in [3.8, 4) is 0 Å². The van der Waals surface area contributed by atoms with Gasteiger partial charge in [0.1, 0.15) is 0 Å². The van der Waals surface area contributed by atoms with Gasteiger partial charge >= 0.3 is 0 Å². The molecule has 0 aliphatic heterocycles. The van der Waals surface area contributed by atoms with E-state index in [4.69, 9.17) is 0 Å². The van der Waals surface area contributed by atoms with E-state index in [1.54, 1.807) is 6.08 Å². The summed E-state index contributed by atoms with van der Waals surface area (Å²) < 4.78 is 0. The number of nitrogens with two attached hydrogens (primary N) is 1. The van der Waals surface area contributed by atoms with Gasteiger partial charge in [-0.25, -0.2) is 0 Å². The molecule has 1 nitrogen and oxygen atoms in total. The van der Waals surface area contributed by atoms with Gasteiger partial charge in [0, 0.05) is 12.3 Å². The Morgan fingerprint density at radius 3 is 2.21 bits per heavy atom. The maximum absolute atomic E-state index is 4.64. The summed E-state index contributed by atoms with van der Waals surface area (Å²) in [6.45, 7) is 7.52. The molecule has 102 valence electrons. The van der Waals surface area contributed by atoms with Crippen LogP contribution in [0.1, 0.15) is 11.5 Å². The molecule has 0 saturated carbocycles. The lowest BCUT2D eigenvalue weighted by Gasteiger charge is -2.01. The van der Waals surface area contributed by atoms with Crippen LogP contribution in [-0.4, -0.2) is 13.4 Å². The second-order valence-corrected chi connectivity index (χ2v) is 3.57. The highest BCUT2D eigenvalue weighted by atomic mass is 35.5. The zero-order chi connectivity index (χ0) is 14.7. The molecule has 2 heteroatoms. The van der Waals surface area contributed by atoms with E-state index in [2.05, 4.69) is 60.8 Å². The molecule has 0 radical (unpaired) electrons. The lowest BCUT2D eigenvalue weighted by molar-refractivity contribution is 1.18. The third-order valence-corrected chi connectivity index (χ3v) is 2.58. The van der Waals surface area contributed by atoms with Crippen molar-refractivity contribution in [3.63, 3.8) is 0 Å². The van der Waals surface area contributed by atoms with Crippen molar-refractivity contribution in [2.75, 3.05) is 13.4 Å². The van der Waals surface area contributed by atoms with Crippen molar-refractivity contribution in [1.82, 2.24) is 0 Å². The average molecular weight is 276 g/mol. The summed E-state index contributed by atoms with van der Waals surface area (Å²) in [5.41, 5.74) is 8.39. The molecule has 0 fully saturated rings. The molecular formula is C17H22ClN. The van der Waals surface area contributed by atoms with Gasteiger partial charge in [-0.3, -0.25) is 0 Å². The lowest BCUT2D eigenvalue weighted by Crippen LogP contribution is -1.83. The third kappa shape index (κ3) is 5.29. The molecule has 19 heavy (non-hydrogen) atoms. The molecule has 0 bridgehead atoms. The first-order valence-electron chi connectivity index (χ1n) is 6.04. The molecule has 1 aromatic rings. The first-order chi connectivity index (χ1) is 9.36. The van der Waals surface area contributed by atoms with Crippen molar-refractivity contribution in [1.29, 1.82) is 0 Å². The predicted octanol–water partition coefficient (Wildman–Crippen LogP) is 4.44. The highest BCUT2D eigenvalue weighted by Crippen LogP contribution is 2.43. The topological polar surface area (TPSA) is 26.0 Å². The molecule has 2 rings (SSSR count). The van der Waals surface area contributed by atoms with E-state index >= 15 is 0 Å². The average Bonchev–Trinajstić information content (AvgIpc) is 3.30. The molecule has 1 aliphatic rings. The number of hydrogen-bond donors (Lipinski definition) is 1. The van der Waals surface area contributed by atoms with Crippen LogP contribution < -0.4 is 5.73 Å². The molecule has 1 aromatic carbocycles. The van der Waals surface area contributed by atoms with E-state index in [0.717, 1.165) is 0 Å². The summed E-state index contributed by atoms with van der Waals surface area (Å²) in [5, 5.41) is 0. The second-order valence-electron chi connectivity index (χ2n) is 3.57. The number of rotatable bonds is 4. The third-order valence-electron chi connectivity index (χ3n) is 2.58. The fraction of sp³-hybridized carbons (Fsp3) is 0.176. The Morgan fingerprint density at radius 1 is 1.16 bits per heavy atom. The normalized spacial score (nSPS) is 15.9. The van der Waals surface area contributed by atoms with E-state index in [9.17, 15) is 0 Å². The van der Waals surface area contributed by atoms with Crippen molar-refractivity contribution in [2.24, 2.45) is 5.73 Å². The minimum Gasteiger partial charge on any atom is -0.333 e. The fourth-order valence-electron chi connectivity index (χ4n) is 1.75. The smallest absolute Gasteiger partial charge is 0.0278 e. The van der Waals surface area contributed by atoms with Crippen LogP contribution in [-0.2, 0) is 0 Å². The maximum atomic E-state index is 4.64. The Hall–Kier alpha value is -1.57. The van der Waals surface area contributed by atoms with Gasteiger partial charge in [-0.2, -0.15) is 0 Å². The van der Waals surface area contributed by atoms with Gasteiger partial charge in [-0.15, -0.1) is 11.6 Å². The lowest BCUT2D eigenvalue weighted by atomic mass is 10.0. The van der Waals surface area contributed by atoms with Crippen LogP contribution in [0, 0.1) is 0 Å². The molecule has 0 aromatic heterocycles. The zero-order valence-electron chi connectivity index (χ0n) is 11.6. The van der Waals surface area contributed by atoms with Crippen molar-refractivity contribution >= 4 is 11.6 Å². The van der Waals surface area contributed by atoms with Gasteiger partial charge in [-0.1, -0.05) is 67.8 Å². The fourth-order valence-corrected chi connectivity index (χ4v) is 1.75. The van der Waals surface area contributed by atoms with Crippen molar-refractivity contribution in [2.45, 2.75) is 5.92 Å². The van der Waals surface area contributed by atoms with Crippen molar-refractivity contribution in [3.05, 3.63) is 84.5 Å². The molecule has 2 N–H and O–H groups in total. The number of halogens is 1. The summed E-state index contributed by atoms with van der Waals surface area (Å²) in [4.78, 5) is 0. The highest BCUT2D eigenvalue weighted by Gasteiger charge is 2.27. The standard InChI is InChI=1S/C15H14.CH3Cl.CH5N/c1-3-8-12(4-2)14-11-15(14)13-9-6-5-7-10-13;2*1-2/h3-11,15H,1-2H2;1H3;2H2,1H3/b12-8+;;. The summed E-state index contributed by atoms with van der Waals surface area (Å²) in [6.07, 6.45) is 9.42. The summed E-state index contributed by atoms with van der Waals surface area (Å²) in [5.74, 6) is 0.482. The monoisotopic (exact) mass is 275 g/mol. The van der Waals surface area contributed by atoms with E-state index in [1.165, 1.54) is 30.1 Å². The summed E-state index contributed by atoms with van der Waals surface area (Å²) >= 11 is 4.64. The molecule has 0 saturated heterocycles. The van der Waals surface area contributed by atoms with E-state index < -0.39 is 0 Å². The summed E-state index contributed by atoms with van der Waals surface area (Å²) in [7, 11) is 1.50. The molecule has 1 unspecified atom stereocenters. The van der Waals surface area contributed by atoms with Crippen LogP contribution in [0.3, 0.4) is 0 Å². The second kappa shape index (κ2) is 10.4. The minimum absolute atomic E-state index is 0.482. The first kappa shape index (κ1) is 17.4. The number of allylic oxidation sites excluding steroid dienone is 6. The maximum Gasteiger partial charge on any atom is 0.0278 e. The van der Waals surface area contributed by atoms with Crippen LogP contribution in [0.5, 0.6) is 0 Å². The van der Waals surface area contributed by atoms with Gasteiger partial charge in [0.15, 0.2) is 0 Å². The molecule has 1 atom stereocenters. The van der Waals surface area contributed by atoms with Gasteiger partial charge in [0.05, 0.1) is 0 Å². The Balaban J connectivity index is 0.000000741. The first-order valence-corrected chi connectivity index (χ1v) is 6.80. The largest absolute Gasteiger partial charge is 0.333 e. The SMILES string of the molecule is C=C/C=C(\C=C)C1=CC1c1ccccc1.CCl.CN. The molecule has 0 amide bonds. The number of benzene rings is 1. The van der Waals surface area contributed by atoms with Gasteiger partial charge in [0.25, 0.3) is 0 Å². The van der Waals surface area contributed by atoms with E-state index in [0.29, 0.717) is 5.92 Å². The Labute approximate surface area is 121 Å². The van der Waals surface area contributed by atoms with E-state index in [1.807, 2.05) is 18.2 Å². The number of alkyl halides is 1. The zero-order valence-corrected chi connectivity index (χ0v) is 12.4. The van der Waals surface area contributed by atoms with Crippen LogP contribution in [0.25, 0.3) is 0 Å². The predicted molar refractivity (Wildman–Crippen MR) is 87.6 cm³/mol. The van der Waals surface area contributed by atoms with Crippen LogP contribution in [0.4, 0.5) is 0 Å². The summed E-state index contributed by atoms with van der Waals surface area (Å²) in [6, 6.07) is 10.5. The Kier molecular flexibility index (Phi) is 9.51. The minimum atomic E-state index is 0.482. The van der Waals surface area contributed by atoms with Gasteiger partial charge < -0.3 is 5.73 Å². The van der Waals surface area contributed by atoms with Gasteiger partial charge in [-0.05, 0) is 23.8 Å². The quantitative estimate of drug-likeness (QED) is 0.638. The highest BCUT2D eigenvalue weighted by molar-refractivity contribution is 6.15. The molecule has 0 spiro atoms. The van der Waals surface area contributed by atoms with Crippen LogP contribution >= 0.6 is 11.6 Å². The van der Waals surface area contributed by atoms with Crippen LogP contribution in [0.15, 0.2) is 78.9 Å². The Morgan fingerprint density at radius 2 is 1.74 bits per heavy atom. The molecular weight excluding hydrogens is 254 g/mol. The van der Waals surface area contributed by atoms with E-state index in [-0.39, 0.29) is 0 Å². The van der Waals surface area contributed by atoms with Crippen molar-refractivity contribution < 1.29 is 0 Å². The van der Waals surface area contributed by atoms with Crippen LogP contribution in [0.2, 0.25) is 0 Å². The number of hydrogen-bond acceptors (Lipinski definition) is 1. The molecule has 1 aliphatic carbocycles.